The van der Waals surface area contributed by atoms with Gasteiger partial charge in [-0.15, -0.1) is 0 Å². The standard InChI is InChI=1S/C14H22N2O2/c1-11(2)15-9-5-8-14(17)16-12-6-4-7-13(10-12)18-3/h4,6-7,10-11,15H,5,8-9H2,1-3H3,(H,16,17). The second-order valence-corrected chi connectivity index (χ2v) is 4.49. The van der Waals surface area contributed by atoms with Crippen LogP contribution in [0.4, 0.5) is 5.69 Å². The Kier molecular flexibility index (Phi) is 6.22. The Hall–Kier alpha value is -1.55. The third-order valence-corrected chi connectivity index (χ3v) is 2.49. The van der Waals surface area contributed by atoms with Crippen molar-refractivity contribution >= 4 is 11.6 Å². The van der Waals surface area contributed by atoms with Crippen molar-refractivity contribution in [2.45, 2.75) is 32.7 Å². The lowest BCUT2D eigenvalue weighted by Crippen LogP contribution is -2.24. The van der Waals surface area contributed by atoms with Gasteiger partial charge in [0.25, 0.3) is 0 Å². The molecule has 4 nitrogen and oxygen atoms in total. The predicted octanol–water partition coefficient (Wildman–Crippen LogP) is 2.41. The van der Waals surface area contributed by atoms with Crippen LogP contribution in [0.1, 0.15) is 26.7 Å². The quantitative estimate of drug-likeness (QED) is 0.731. The van der Waals surface area contributed by atoms with Gasteiger partial charge in [-0.25, -0.2) is 0 Å². The van der Waals surface area contributed by atoms with Gasteiger partial charge in [-0.1, -0.05) is 19.9 Å². The summed E-state index contributed by atoms with van der Waals surface area (Å²) in [6.07, 6.45) is 1.37. The molecule has 4 heteroatoms. The predicted molar refractivity (Wildman–Crippen MR) is 74.0 cm³/mol. The number of carbonyl (C=O) groups excluding carboxylic acids is 1. The monoisotopic (exact) mass is 250 g/mol. The summed E-state index contributed by atoms with van der Waals surface area (Å²) in [7, 11) is 1.61. The highest BCUT2D eigenvalue weighted by atomic mass is 16.5. The molecule has 1 aromatic carbocycles. The molecule has 0 heterocycles. The molecular formula is C14H22N2O2. The van der Waals surface area contributed by atoms with E-state index in [0.717, 1.165) is 24.4 Å². The van der Waals surface area contributed by atoms with Crippen LogP contribution in [0.15, 0.2) is 24.3 Å². The van der Waals surface area contributed by atoms with Crippen LogP contribution in [0.25, 0.3) is 0 Å². The molecule has 0 unspecified atom stereocenters. The normalized spacial score (nSPS) is 10.4. The van der Waals surface area contributed by atoms with E-state index in [0.29, 0.717) is 12.5 Å². The maximum atomic E-state index is 11.7. The third-order valence-electron chi connectivity index (χ3n) is 2.49. The number of benzene rings is 1. The van der Waals surface area contributed by atoms with E-state index in [1.165, 1.54) is 0 Å². The van der Waals surface area contributed by atoms with Crippen LogP contribution in [-0.4, -0.2) is 25.6 Å². The average molecular weight is 250 g/mol. The molecule has 0 saturated heterocycles. The van der Waals surface area contributed by atoms with Gasteiger partial charge in [-0.3, -0.25) is 4.79 Å². The van der Waals surface area contributed by atoms with Crippen LogP contribution in [0.3, 0.4) is 0 Å². The minimum atomic E-state index is 0.0359. The summed E-state index contributed by atoms with van der Waals surface area (Å²) in [5, 5.41) is 6.14. The molecule has 2 N–H and O–H groups in total. The van der Waals surface area contributed by atoms with Crippen LogP contribution in [-0.2, 0) is 4.79 Å². The van der Waals surface area contributed by atoms with Gasteiger partial charge >= 0.3 is 0 Å². The third kappa shape index (κ3) is 5.68. The smallest absolute Gasteiger partial charge is 0.224 e. The van der Waals surface area contributed by atoms with Gasteiger partial charge in [0, 0.05) is 24.2 Å². The van der Waals surface area contributed by atoms with E-state index >= 15 is 0 Å². The van der Waals surface area contributed by atoms with Crippen molar-refractivity contribution in [2.24, 2.45) is 0 Å². The number of methoxy groups -OCH3 is 1. The summed E-state index contributed by atoms with van der Waals surface area (Å²) in [4.78, 5) is 11.7. The Labute approximate surface area is 109 Å². The fourth-order valence-corrected chi connectivity index (χ4v) is 1.56. The first kappa shape index (κ1) is 14.5. The van der Waals surface area contributed by atoms with Crippen LogP contribution in [0, 0.1) is 0 Å². The van der Waals surface area contributed by atoms with Crippen molar-refractivity contribution < 1.29 is 9.53 Å². The van der Waals surface area contributed by atoms with Gasteiger partial charge in [0.05, 0.1) is 7.11 Å². The van der Waals surface area contributed by atoms with Crippen molar-refractivity contribution in [1.82, 2.24) is 5.32 Å². The Morgan fingerprint density at radius 2 is 2.17 bits per heavy atom. The van der Waals surface area contributed by atoms with Gasteiger partial charge in [0.1, 0.15) is 5.75 Å². The van der Waals surface area contributed by atoms with Crippen molar-refractivity contribution in [1.29, 1.82) is 0 Å². The molecule has 0 atom stereocenters. The zero-order chi connectivity index (χ0) is 13.4. The minimum Gasteiger partial charge on any atom is -0.497 e. The zero-order valence-electron chi connectivity index (χ0n) is 11.3. The minimum absolute atomic E-state index is 0.0359. The lowest BCUT2D eigenvalue weighted by Gasteiger charge is -2.09. The largest absolute Gasteiger partial charge is 0.497 e. The van der Waals surface area contributed by atoms with Gasteiger partial charge in [0.2, 0.25) is 5.91 Å². The molecule has 0 radical (unpaired) electrons. The molecule has 0 bridgehead atoms. The summed E-state index contributed by atoms with van der Waals surface area (Å²) in [5.74, 6) is 0.781. The summed E-state index contributed by atoms with van der Waals surface area (Å²) in [6, 6.07) is 7.83. The van der Waals surface area contributed by atoms with E-state index in [1.807, 2.05) is 24.3 Å². The number of hydrogen-bond donors (Lipinski definition) is 2. The van der Waals surface area contributed by atoms with Crippen LogP contribution < -0.4 is 15.4 Å². The number of amides is 1. The van der Waals surface area contributed by atoms with Crippen molar-refractivity contribution in [3.05, 3.63) is 24.3 Å². The van der Waals surface area contributed by atoms with Gasteiger partial charge < -0.3 is 15.4 Å². The summed E-state index contributed by atoms with van der Waals surface area (Å²) in [5.41, 5.74) is 0.774. The number of hydrogen-bond acceptors (Lipinski definition) is 3. The molecule has 0 saturated carbocycles. The maximum absolute atomic E-state index is 11.7. The molecular weight excluding hydrogens is 228 g/mol. The molecule has 1 aromatic rings. The highest BCUT2D eigenvalue weighted by molar-refractivity contribution is 5.90. The van der Waals surface area contributed by atoms with Crippen molar-refractivity contribution in [2.75, 3.05) is 19.0 Å². The second-order valence-electron chi connectivity index (χ2n) is 4.49. The molecule has 0 aliphatic heterocycles. The molecule has 1 rings (SSSR count). The van der Waals surface area contributed by atoms with Crippen molar-refractivity contribution in [3.63, 3.8) is 0 Å². The van der Waals surface area contributed by atoms with E-state index in [2.05, 4.69) is 24.5 Å². The second kappa shape index (κ2) is 7.71. The van der Waals surface area contributed by atoms with E-state index < -0.39 is 0 Å². The van der Waals surface area contributed by atoms with E-state index in [9.17, 15) is 4.79 Å². The average Bonchev–Trinajstić information content (AvgIpc) is 2.34. The summed E-state index contributed by atoms with van der Waals surface area (Å²) < 4.78 is 5.10. The van der Waals surface area contributed by atoms with E-state index in [4.69, 9.17) is 4.74 Å². The number of rotatable bonds is 7. The molecule has 0 aromatic heterocycles. The van der Waals surface area contributed by atoms with Crippen LogP contribution in [0.2, 0.25) is 0 Å². The molecule has 1 amide bonds. The fraction of sp³-hybridized carbons (Fsp3) is 0.500. The summed E-state index contributed by atoms with van der Waals surface area (Å²) in [6.45, 7) is 5.05. The molecule has 0 aliphatic carbocycles. The lowest BCUT2D eigenvalue weighted by molar-refractivity contribution is -0.116. The number of carbonyl (C=O) groups is 1. The van der Waals surface area contributed by atoms with Crippen LogP contribution in [0.5, 0.6) is 5.75 Å². The first-order chi connectivity index (χ1) is 8.61. The van der Waals surface area contributed by atoms with E-state index in [-0.39, 0.29) is 5.91 Å². The van der Waals surface area contributed by atoms with Gasteiger partial charge in [0.15, 0.2) is 0 Å². The SMILES string of the molecule is COc1cccc(NC(=O)CCCNC(C)C)c1. The Morgan fingerprint density at radius 1 is 1.39 bits per heavy atom. The molecule has 0 spiro atoms. The first-order valence-electron chi connectivity index (χ1n) is 6.29. The Bertz CT molecular complexity index is 378. The highest BCUT2D eigenvalue weighted by Gasteiger charge is 2.03. The topological polar surface area (TPSA) is 50.4 Å². The Morgan fingerprint density at radius 3 is 2.83 bits per heavy atom. The Balaban J connectivity index is 2.30. The number of nitrogens with one attached hydrogen (secondary N) is 2. The summed E-state index contributed by atoms with van der Waals surface area (Å²) >= 11 is 0. The van der Waals surface area contributed by atoms with Crippen molar-refractivity contribution in [3.8, 4) is 5.75 Å². The van der Waals surface area contributed by atoms with E-state index in [1.54, 1.807) is 7.11 Å². The zero-order valence-corrected chi connectivity index (χ0v) is 11.3. The molecule has 100 valence electrons. The lowest BCUT2D eigenvalue weighted by atomic mass is 10.2. The molecule has 0 aliphatic rings. The van der Waals surface area contributed by atoms with Gasteiger partial charge in [-0.2, -0.15) is 0 Å². The molecule has 18 heavy (non-hydrogen) atoms. The highest BCUT2D eigenvalue weighted by Crippen LogP contribution is 2.16. The maximum Gasteiger partial charge on any atom is 0.224 e. The van der Waals surface area contributed by atoms with Gasteiger partial charge in [-0.05, 0) is 25.1 Å². The number of ether oxygens (including phenoxy) is 1. The fourth-order valence-electron chi connectivity index (χ4n) is 1.56. The first-order valence-corrected chi connectivity index (χ1v) is 6.29. The van der Waals surface area contributed by atoms with Crippen LogP contribution >= 0.6 is 0 Å². The number of anilines is 1. The molecule has 0 fully saturated rings.